The number of phenols is 1. The van der Waals surface area contributed by atoms with Gasteiger partial charge in [-0.1, -0.05) is 6.07 Å². The lowest BCUT2D eigenvalue weighted by Crippen LogP contribution is -2.27. The molecular formula is C31H24N8O3. The highest BCUT2D eigenvalue weighted by Gasteiger charge is 2.26. The van der Waals surface area contributed by atoms with Gasteiger partial charge in [0.2, 0.25) is 0 Å². The van der Waals surface area contributed by atoms with E-state index in [0.29, 0.717) is 40.2 Å². The molecule has 0 fully saturated rings. The zero-order chi connectivity index (χ0) is 28.8. The van der Waals surface area contributed by atoms with Crippen molar-refractivity contribution in [3.63, 3.8) is 0 Å². The molecule has 1 aliphatic rings. The smallest absolute Gasteiger partial charge is 0.251 e. The lowest BCUT2D eigenvalue weighted by atomic mass is 10.1. The van der Waals surface area contributed by atoms with Gasteiger partial charge in [-0.3, -0.25) is 19.3 Å². The van der Waals surface area contributed by atoms with Gasteiger partial charge < -0.3 is 16.2 Å². The molecule has 0 unspecified atom stereocenters. The maximum Gasteiger partial charge on any atom is 0.251 e. The number of aldehydes is 1. The van der Waals surface area contributed by atoms with E-state index in [1.54, 1.807) is 18.6 Å². The number of carbonyl (C=O) groups is 2. The molecule has 6 aromatic rings. The largest absolute Gasteiger partial charge is 0.507 e. The number of hydrogen-bond donors (Lipinski definition) is 4. The van der Waals surface area contributed by atoms with Crippen molar-refractivity contribution in [2.24, 2.45) is 0 Å². The molecular weight excluding hydrogens is 532 g/mol. The number of fused-ring (bicyclic) bond motifs is 2. The quantitative estimate of drug-likeness (QED) is 0.219. The molecule has 0 aliphatic heterocycles. The highest BCUT2D eigenvalue weighted by Crippen LogP contribution is 2.36. The molecule has 1 atom stereocenters. The summed E-state index contributed by atoms with van der Waals surface area (Å²) in [7, 11) is 0. The van der Waals surface area contributed by atoms with Crippen molar-refractivity contribution < 1.29 is 14.7 Å². The highest BCUT2D eigenvalue weighted by atomic mass is 16.3. The fourth-order valence-corrected chi connectivity index (χ4v) is 5.47. The van der Waals surface area contributed by atoms with E-state index in [4.69, 9.17) is 15.7 Å². The van der Waals surface area contributed by atoms with Crippen LogP contribution in [0.5, 0.6) is 5.75 Å². The zero-order valence-corrected chi connectivity index (χ0v) is 22.2. The number of aromatic nitrogens is 6. The number of nitrogens with zero attached hydrogens (tertiary/aromatic N) is 5. The third kappa shape index (κ3) is 4.24. The Hall–Kier alpha value is -5.84. The van der Waals surface area contributed by atoms with Crippen LogP contribution in [-0.2, 0) is 6.42 Å². The molecule has 1 amide bonds. The number of carbonyl (C=O) groups excluding carboxylic acids is 2. The van der Waals surface area contributed by atoms with Gasteiger partial charge in [0.25, 0.3) is 5.91 Å². The molecule has 4 heterocycles. The summed E-state index contributed by atoms with van der Waals surface area (Å²) in [5.41, 5.74) is 13.3. The zero-order valence-electron chi connectivity index (χ0n) is 22.2. The predicted molar refractivity (Wildman–Crippen MR) is 156 cm³/mol. The summed E-state index contributed by atoms with van der Waals surface area (Å²) in [4.78, 5) is 38.3. The molecule has 42 heavy (non-hydrogen) atoms. The first kappa shape index (κ1) is 25.1. The number of amides is 1. The van der Waals surface area contributed by atoms with E-state index < -0.39 is 0 Å². The van der Waals surface area contributed by atoms with Crippen molar-refractivity contribution in [1.29, 1.82) is 0 Å². The number of nitrogens with one attached hydrogen (secondary N) is 2. The third-order valence-corrected chi connectivity index (χ3v) is 7.56. The van der Waals surface area contributed by atoms with Crippen molar-refractivity contribution >= 4 is 29.2 Å². The Balaban J connectivity index is 1.29. The van der Waals surface area contributed by atoms with E-state index in [1.807, 2.05) is 41.0 Å². The monoisotopic (exact) mass is 556 g/mol. The van der Waals surface area contributed by atoms with Crippen molar-refractivity contribution in [2.45, 2.75) is 18.9 Å². The topological polar surface area (TPSA) is 165 Å². The van der Waals surface area contributed by atoms with Gasteiger partial charge in [-0.05, 0) is 78.6 Å². The number of anilines is 1. The first-order valence-corrected chi connectivity index (χ1v) is 13.3. The van der Waals surface area contributed by atoms with Gasteiger partial charge >= 0.3 is 0 Å². The summed E-state index contributed by atoms with van der Waals surface area (Å²) >= 11 is 0. The average Bonchev–Trinajstić information content (AvgIpc) is 3.76. The number of hydrogen-bond acceptors (Lipinski definition) is 8. The minimum absolute atomic E-state index is 0.0706. The number of benzene rings is 2. The fraction of sp³-hybridized carbons (Fsp3) is 0.0968. The molecule has 11 heteroatoms. The molecule has 2 aromatic carbocycles. The van der Waals surface area contributed by atoms with Gasteiger partial charge in [0.1, 0.15) is 17.1 Å². The Bertz CT molecular complexity index is 2000. The number of pyridine rings is 2. The lowest BCUT2D eigenvalue weighted by molar-refractivity contribution is 0.0936. The van der Waals surface area contributed by atoms with Gasteiger partial charge in [-0.15, -0.1) is 0 Å². The van der Waals surface area contributed by atoms with Crippen molar-refractivity contribution in [3.05, 3.63) is 102 Å². The van der Waals surface area contributed by atoms with E-state index in [-0.39, 0.29) is 23.3 Å². The first-order valence-electron chi connectivity index (χ1n) is 13.3. The van der Waals surface area contributed by atoms with Crippen LogP contribution in [0.2, 0.25) is 0 Å². The number of aromatic hydroxyl groups is 1. The minimum Gasteiger partial charge on any atom is -0.507 e. The maximum atomic E-state index is 13.0. The molecule has 7 rings (SSSR count). The number of nitrogen functional groups attached to an aromatic ring is 1. The van der Waals surface area contributed by atoms with E-state index >= 15 is 0 Å². The molecule has 0 radical (unpaired) electrons. The first-order chi connectivity index (χ1) is 20.5. The van der Waals surface area contributed by atoms with Crippen LogP contribution >= 0.6 is 0 Å². The minimum atomic E-state index is -0.314. The number of imidazole rings is 1. The predicted octanol–water partition coefficient (Wildman–Crippen LogP) is 4.39. The molecule has 11 nitrogen and oxygen atoms in total. The van der Waals surface area contributed by atoms with Crippen LogP contribution < -0.4 is 11.1 Å². The molecule has 0 saturated carbocycles. The van der Waals surface area contributed by atoms with E-state index in [2.05, 4.69) is 26.6 Å². The molecule has 1 aliphatic carbocycles. The Morgan fingerprint density at radius 3 is 2.83 bits per heavy atom. The molecule has 4 aromatic heterocycles. The number of nitrogens with two attached hydrogens (primary N) is 1. The number of aryl methyl sites for hydroxylation is 1. The Labute approximate surface area is 239 Å². The van der Waals surface area contributed by atoms with Gasteiger partial charge in [-0.2, -0.15) is 5.10 Å². The van der Waals surface area contributed by atoms with E-state index in [9.17, 15) is 14.7 Å². The number of phenolic OH excluding ortho intramolecular Hbond substituents is 1. The molecule has 5 N–H and O–H groups in total. The number of aromatic amines is 1. The van der Waals surface area contributed by atoms with Gasteiger partial charge in [0, 0.05) is 29.2 Å². The van der Waals surface area contributed by atoms with E-state index in [0.717, 1.165) is 40.9 Å². The standard InChI is InChI=1S/C31H24N8O3/c32-28-23(2-1-11-33-28)29-37-26-9-8-24(20-14-34-35-15-20)36-30(26)39(29)21-5-6-22-17(13-21)3-7-25(22)38-31(42)18-4-10-27(41)19(12-18)16-40/h1-2,4-6,8-16,25,41H,3,7H2,(H2,32,33)(H,34,35)(H,38,42)/t25-/m0/s1. The van der Waals surface area contributed by atoms with Crippen molar-refractivity contribution in [1.82, 2.24) is 35.0 Å². The molecule has 206 valence electrons. The number of H-pyrrole nitrogens is 1. The van der Waals surface area contributed by atoms with Crippen molar-refractivity contribution in [2.75, 3.05) is 5.73 Å². The summed E-state index contributed by atoms with van der Waals surface area (Å²) in [6.45, 7) is 0. The van der Waals surface area contributed by atoms with Gasteiger partial charge in [-0.25, -0.2) is 15.0 Å². The Morgan fingerprint density at radius 2 is 2.02 bits per heavy atom. The number of rotatable bonds is 6. The van der Waals surface area contributed by atoms with Crippen LogP contribution in [0.25, 0.3) is 39.5 Å². The summed E-state index contributed by atoms with van der Waals surface area (Å²) in [5, 5.41) is 19.7. The normalized spacial score (nSPS) is 14.1. The SMILES string of the molecule is Nc1ncccc1-c1nc2ccc(-c3cn[nH]c3)nc2n1-c1ccc2c(c1)CC[C@@H]2NC(=O)c1ccc(O)c(C=O)c1. The second-order valence-corrected chi connectivity index (χ2v) is 10.1. The van der Waals surface area contributed by atoms with Crippen LogP contribution in [0.4, 0.5) is 5.82 Å². The van der Waals surface area contributed by atoms with Crippen molar-refractivity contribution in [3.8, 4) is 34.1 Å². The molecule has 0 bridgehead atoms. The molecule has 0 saturated heterocycles. The van der Waals surface area contributed by atoms with Gasteiger partial charge in [0.15, 0.2) is 17.8 Å². The second kappa shape index (κ2) is 9.97. The Kier molecular flexibility index (Phi) is 5.97. The van der Waals surface area contributed by atoms with Crippen LogP contribution in [0, 0.1) is 0 Å². The summed E-state index contributed by atoms with van der Waals surface area (Å²) in [5.74, 6) is 0.505. The lowest BCUT2D eigenvalue weighted by Gasteiger charge is -2.16. The highest BCUT2D eigenvalue weighted by molar-refractivity contribution is 5.96. The Morgan fingerprint density at radius 1 is 1.12 bits per heavy atom. The summed E-state index contributed by atoms with van der Waals surface area (Å²) in [6.07, 6.45) is 7.15. The second-order valence-electron chi connectivity index (χ2n) is 10.1. The maximum absolute atomic E-state index is 13.0. The average molecular weight is 557 g/mol. The van der Waals surface area contributed by atoms with Crippen LogP contribution in [0.15, 0.2) is 79.3 Å². The van der Waals surface area contributed by atoms with Gasteiger partial charge in [0.05, 0.1) is 29.1 Å². The summed E-state index contributed by atoms with van der Waals surface area (Å²) in [6, 6.07) is 17.7. The van der Waals surface area contributed by atoms with Crippen LogP contribution in [-0.4, -0.2) is 47.0 Å². The van der Waals surface area contributed by atoms with E-state index in [1.165, 1.54) is 18.2 Å². The molecule has 0 spiro atoms. The van der Waals surface area contributed by atoms with Crippen LogP contribution in [0.1, 0.15) is 44.3 Å². The summed E-state index contributed by atoms with van der Waals surface area (Å²) < 4.78 is 1.98. The third-order valence-electron chi connectivity index (χ3n) is 7.56. The fourth-order valence-electron chi connectivity index (χ4n) is 5.47. The van der Waals surface area contributed by atoms with Crippen LogP contribution in [0.3, 0.4) is 0 Å².